The Morgan fingerprint density at radius 1 is 1.14 bits per heavy atom. The van der Waals surface area contributed by atoms with Gasteiger partial charge in [0, 0.05) is 24.6 Å². The lowest BCUT2D eigenvalue weighted by molar-refractivity contribution is 0.400. The number of nitrogens with two attached hydrogens (primary N) is 1. The smallest absolute Gasteiger partial charge is 0.327 e. The third kappa shape index (κ3) is 4.46. The Kier molecular flexibility index (Phi) is 5.71. The lowest BCUT2D eigenvalue weighted by atomic mass is 10.1. The third-order valence-electron chi connectivity index (χ3n) is 4.20. The maximum atomic E-state index is 12.8. The minimum Gasteiger partial charge on any atom is -0.327 e. The van der Waals surface area contributed by atoms with Crippen LogP contribution in [0.15, 0.2) is 70.3 Å². The molecule has 3 aromatic rings. The fourth-order valence-electron chi connectivity index (χ4n) is 2.61. The van der Waals surface area contributed by atoms with E-state index in [4.69, 9.17) is 5.73 Å². The van der Waals surface area contributed by atoms with E-state index in [1.54, 1.807) is 24.3 Å². The van der Waals surface area contributed by atoms with Crippen molar-refractivity contribution in [2.75, 3.05) is 12.8 Å². The van der Waals surface area contributed by atoms with Crippen LogP contribution in [0.2, 0.25) is 0 Å². The van der Waals surface area contributed by atoms with Gasteiger partial charge in [-0.2, -0.15) is 13.9 Å². The summed E-state index contributed by atoms with van der Waals surface area (Å²) in [6.45, 7) is -0.809. The van der Waals surface area contributed by atoms with E-state index in [1.165, 1.54) is 24.7 Å². The van der Waals surface area contributed by atoms with Crippen LogP contribution in [0.4, 0.5) is 8.78 Å². The molecule has 0 aliphatic rings. The molecule has 152 valence electrons. The average molecular weight is 421 g/mol. The van der Waals surface area contributed by atoms with Crippen LogP contribution < -0.4 is 11.4 Å². The molecule has 0 spiro atoms. The topological polar surface area (TPSA) is 113 Å². The van der Waals surface area contributed by atoms with Gasteiger partial charge in [0.15, 0.2) is 9.84 Å². The van der Waals surface area contributed by atoms with Crippen LogP contribution in [0.25, 0.3) is 16.9 Å². The standard InChI is InChI=1S/C18H17F2N5O3S/c1-29(27,28)15-4-2-12(3-5-15)13-6-7-22-16(8-13)24-11-23-25(18(24)26)10-14(9-21)17(19)20/h2-8,11H,9-10,21H2,1H3. The summed E-state index contributed by atoms with van der Waals surface area (Å²) < 4.78 is 50.7. The van der Waals surface area contributed by atoms with Gasteiger partial charge in [0.25, 0.3) is 6.08 Å². The molecule has 0 saturated heterocycles. The van der Waals surface area contributed by atoms with Gasteiger partial charge >= 0.3 is 5.69 Å². The van der Waals surface area contributed by atoms with Gasteiger partial charge in [-0.15, -0.1) is 0 Å². The highest BCUT2D eigenvalue weighted by Gasteiger charge is 2.13. The number of halogens is 2. The Morgan fingerprint density at radius 2 is 1.83 bits per heavy atom. The normalized spacial score (nSPS) is 11.4. The fourth-order valence-corrected chi connectivity index (χ4v) is 3.24. The van der Waals surface area contributed by atoms with Crippen molar-refractivity contribution in [2.24, 2.45) is 5.73 Å². The summed E-state index contributed by atoms with van der Waals surface area (Å²) in [5.41, 5.74) is 5.65. The van der Waals surface area contributed by atoms with Crippen LogP contribution in [0.1, 0.15) is 0 Å². The first kappa shape index (κ1) is 20.6. The summed E-state index contributed by atoms with van der Waals surface area (Å²) in [5.74, 6) is 0.241. The first-order chi connectivity index (χ1) is 13.7. The van der Waals surface area contributed by atoms with Crippen LogP contribution in [0, 0.1) is 0 Å². The molecule has 1 aromatic carbocycles. The van der Waals surface area contributed by atoms with Crippen LogP contribution >= 0.6 is 0 Å². The summed E-state index contributed by atoms with van der Waals surface area (Å²) in [6, 6.07) is 9.57. The van der Waals surface area contributed by atoms with Crippen molar-refractivity contribution < 1.29 is 17.2 Å². The molecule has 2 aromatic heterocycles. The van der Waals surface area contributed by atoms with E-state index in [9.17, 15) is 22.0 Å². The lowest BCUT2D eigenvalue weighted by Gasteiger charge is -2.06. The van der Waals surface area contributed by atoms with E-state index >= 15 is 0 Å². The zero-order chi connectivity index (χ0) is 21.2. The second-order valence-electron chi connectivity index (χ2n) is 6.21. The van der Waals surface area contributed by atoms with Crippen molar-refractivity contribution in [1.29, 1.82) is 0 Å². The summed E-state index contributed by atoms with van der Waals surface area (Å²) in [6.07, 6.45) is 1.85. The van der Waals surface area contributed by atoms with Crippen molar-refractivity contribution in [3.63, 3.8) is 0 Å². The second-order valence-corrected chi connectivity index (χ2v) is 8.22. The van der Waals surface area contributed by atoms with Gasteiger partial charge in [0.1, 0.15) is 12.1 Å². The van der Waals surface area contributed by atoms with Crippen LogP contribution in [-0.2, 0) is 16.4 Å². The zero-order valence-corrected chi connectivity index (χ0v) is 16.1. The number of sulfone groups is 1. The van der Waals surface area contributed by atoms with Gasteiger partial charge in [-0.1, -0.05) is 12.1 Å². The molecular weight excluding hydrogens is 404 g/mol. The molecule has 2 heterocycles. The van der Waals surface area contributed by atoms with Crippen molar-refractivity contribution in [1.82, 2.24) is 19.3 Å². The third-order valence-corrected chi connectivity index (χ3v) is 5.32. The molecule has 0 amide bonds. The minimum absolute atomic E-state index is 0.192. The van der Waals surface area contributed by atoms with Gasteiger partial charge in [0.05, 0.1) is 11.4 Å². The van der Waals surface area contributed by atoms with Crippen molar-refractivity contribution in [2.45, 2.75) is 11.4 Å². The number of rotatable bonds is 6. The molecule has 0 fully saturated rings. The number of benzene rings is 1. The summed E-state index contributed by atoms with van der Waals surface area (Å²) in [7, 11) is -3.31. The number of nitrogens with zero attached hydrogens (tertiary/aromatic N) is 4. The quantitative estimate of drug-likeness (QED) is 0.647. The summed E-state index contributed by atoms with van der Waals surface area (Å²) >= 11 is 0. The fraction of sp³-hybridized carbons (Fsp3) is 0.167. The highest BCUT2D eigenvalue weighted by atomic mass is 32.2. The van der Waals surface area contributed by atoms with Gasteiger partial charge in [-0.05, 0) is 35.4 Å². The van der Waals surface area contributed by atoms with Gasteiger partial charge in [-0.3, -0.25) is 0 Å². The number of hydrogen-bond acceptors (Lipinski definition) is 6. The number of pyridine rings is 1. The number of aromatic nitrogens is 4. The van der Waals surface area contributed by atoms with Gasteiger partial charge in [0.2, 0.25) is 0 Å². The predicted molar refractivity (Wildman–Crippen MR) is 102 cm³/mol. The largest absolute Gasteiger partial charge is 0.351 e. The number of hydrogen-bond donors (Lipinski definition) is 1. The summed E-state index contributed by atoms with van der Waals surface area (Å²) in [5, 5.41) is 3.84. The maximum absolute atomic E-state index is 12.8. The van der Waals surface area contributed by atoms with E-state index in [-0.39, 0.29) is 16.3 Å². The Balaban J connectivity index is 1.95. The summed E-state index contributed by atoms with van der Waals surface area (Å²) in [4.78, 5) is 16.8. The van der Waals surface area contributed by atoms with E-state index in [0.717, 1.165) is 15.5 Å². The van der Waals surface area contributed by atoms with E-state index in [0.29, 0.717) is 11.1 Å². The Bertz CT molecular complexity index is 1230. The van der Waals surface area contributed by atoms with Crippen LogP contribution in [-0.4, -0.2) is 40.5 Å². The second kappa shape index (κ2) is 8.05. The van der Waals surface area contributed by atoms with Crippen molar-refractivity contribution in [3.05, 3.63) is 71.1 Å². The Hall–Kier alpha value is -3.18. The highest BCUT2D eigenvalue weighted by Crippen LogP contribution is 2.22. The molecular formula is C18H17F2N5O3S. The minimum atomic E-state index is -3.31. The van der Waals surface area contributed by atoms with E-state index in [1.807, 2.05) is 0 Å². The highest BCUT2D eigenvalue weighted by molar-refractivity contribution is 7.90. The molecule has 0 aliphatic carbocycles. The predicted octanol–water partition coefficient (Wildman–Crippen LogP) is 1.61. The molecule has 0 radical (unpaired) electrons. The SMILES string of the molecule is CS(=O)(=O)c1ccc(-c2ccnc(-n3cnn(CC(CN)=C(F)F)c3=O)c2)cc1. The molecule has 0 bridgehead atoms. The Morgan fingerprint density at radius 3 is 2.41 bits per heavy atom. The van der Waals surface area contributed by atoms with Crippen molar-refractivity contribution >= 4 is 9.84 Å². The average Bonchev–Trinajstić information content (AvgIpc) is 3.05. The monoisotopic (exact) mass is 421 g/mol. The molecule has 29 heavy (non-hydrogen) atoms. The molecule has 0 aliphatic heterocycles. The maximum Gasteiger partial charge on any atom is 0.351 e. The van der Waals surface area contributed by atoms with Crippen molar-refractivity contribution in [3.8, 4) is 16.9 Å². The molecule has 8 nitrogen and oxygen atoms in total. The lowest BCUT2D eigenvalue weighted by Crippen LogP contribution is -2.26. The van der Waals surface area contributed by atoms with E-state index in [2.05, 4.69) is 10.1 Å². The molecule has 11 heteroatoms. The first-order valence-electron chi connectivity index (χ1n) is 8.35. The molecule has 3 rings (SSSR count). The van der Waals surface area contributed by atoms with Crippen LogP contribution in [0.5, 0.6) is 0 Å². The van der Waals surface area contributed by atoms with Gasteiger partial charge in [-0.25, -0.2) is 27.4 Å². The van der Waals surface area contributed by atoms with Gasteiger partial charge < -0.3 is 5.73 Å². The molecule has 0 atom stereocenters. The zero-order valence-electron chi connectivity index (χ0n) is 15.3. The molecule has 0 saturated carbocycles. The molecule has 2 N–H and O–H groups in total. The molecule has 0 unspecified atom stereocenters. The first-order valence-corrected chi connectivity index (χ1v) is 10.2. The Labute approximate surface area is 164 Å². The van der Waals surface area contributed by atoms with E-state index < -0.39 is 34.7 Å². The van der Waals surface area contributed by atoms with Crippen LogP contribution in [0.3, 0.4) is 0 Å².